The van der Waals surface area contributed by atoms with Crippen LogP contribution in [0.4, 0.5) is 5.69 Å². The van der Waals surface area contributed by atoms with Crippen molar-refractivity contribution in [3.8, 4) is 22.6 Å². The summed E-state index contributed by atoms with van der Waals surface area (Å²) in [4.78, 5) is 12.6. The number of H-pyrrole nitrogens is 1. The number of aromatic amines is 1. The molecule has 0 unspecified atom stereocenters. The zero-order valence-corrected chi connectivity index (χ0v) is 15.8. The predicted molar refractivity (Wildman–Crippen MR) is 110 cm³/mol. The summed E-state index contributed by atoms with van der Waals surface area (Å²) < 4.78 is 2.19. The van der Waals surface area contributed by atoms with E-state index in [2.05, 4.69) is 30.3 Å². The molecule has 0 saturated heterocycles. The first-order valence-electron chi connectivity index (χ1n) is 9.72. The van der Waals surface area contributed by atoms with Gasteiger partial charge in [-0.3, -0.25) is 9.89 Å². The third kappa shape index (κ3) is 3.42. The normalized spacial score (nSPS) is 13.1. The summed E-state index contributed by atoms with van der Waals surface area (Å²) in [5.74, 6) is 1.71. The molecule has 1 amide bonds. The van der Waals surface area contributed by atoms with Gasteiger partial charge >= 0.3 is 0 Å². The number of amides is 1. The zero-order chi connectivity index (χ0) is 19.6. The van der Waals surface area contributed by atoms with Crippen LogP contribution in [0.3, 0.4) is 0 Å². The largest absolute Gasteiger partial charge is 0.321 e. The number of benzene rings is 2. The lowest BCUT2D eigenvalue weighted by molar-refractivity contribution is 0.102. The molecule has 2 aromatic heterocycles. The standard InChI is InChI=1S/C22H20N6O/c29-22(19-14-18(24-25-19)15-6-2-1-3-7-15)23-17-11-9-16(10-12-17)21-27-26-20-8-4-5-13-28(20)21/h1-3,6-7,9-12,14H,4-5,8,13H2,(H,23,29)(H,24,25). The van der Waals surface area contributed by atoms with Gasteiger partial charge in [-0.2, -0.15) is 5.10 Å². The molecule has 5 rings (SSSR count). The van der Waals surface area contributed by atoms with Crippen molar-refractivity contribution in [1.29, 1.82) is 0 Å². The Labute approximate surface area is 167 Å². The van der Waals surface area contributed by atoms with Gasteiger partial charge in [-0.25, -0.2) is 0 Å². The van der Waals surface area contributed by atoms with Gasteiger partial charge < -0.3 is 9.88 Å². The smallest absolute Gasteiger partial charge is 0.273 e. The molecule has 7 heteroatoms. The topological polar surface area (TPSA) is 88.5 Å². The second-order valence-corrected chi connectivity index (χ2v) is 7.11. The number of aryl methyl sites for hydroxylation is 1. The van der Waals surface area contributed by atoms with E-state index >= 15 is 0 Å². The van der Waals surface area contributed by atoms with E-state index in [1.54, 1.807) is 6.07 Å². The van der Waals surface area contributed by atoms with E-state index < -0.39 is 0 Å². The van der Waals surface area contributed by atoms with Crippen LogP contribution in [0, 0.1) is 0 Å². The fourth-order valence-corrected chi connectivity index (χ4v) is 3.62. The first-order chi connectivity index (χ1) is 14.3. The van der Waals surface area contributed by atoms with Crippen LogP contribution in [0.1, 0.15) is 29.2 Å². The maximum atomic E-state index is 12.6. The molecular formula is C22H20N6O. The molecule has 7 nitrogen and oxygen atoms in total. The van der Waals surface area contributed by atoms with Gasteiger partial charge in [-0.15, -0.1) is 10.2 Å². The summed E-state index contributed by atoms with van der Waals surface area (Å²) in [6.07, 6.45) is 3.31. The van der Waals surface area contributed by atoms with Crippen LogP contribution < -0.4 is 5.32 Å². The first kappa shape index (κ1) is 17.4. The highest BCUT2D eigenvalue weighted by atomic mass is 16.1. The van der Waals surface area contributed by atoms with Crippen molar-refractivity contribution in [2.75, 3.05) is 5.32 Å². The Balaban J connectivity index is 1.31. The summed E-state index contributed by atoms with van der Waals surface area (Å²) in [7, 11) is 0. The zero-order valence-electron chi connectivity index (χ0n) is 15.8. The second kappa shape index (κ2) is 7.35. The molecule has 4 aromatic rings. The van der Waals surface area contributed by atoms with Gasteiger partial charge in [0.15, 0.2) is 5.82 Å². The maximum Gasteiger partial charge on any atom is 0.273 e. The van der Waals surface area contributed by atoms with Gasteiger partial charge in [-0.1, -0.05) is 30.3 Å². The van der Waals surface area contributed by atoms with E-state index in [1.807, 2.05) is 54.6 Å². The molecule has 0 saturated carbocycles. The Morgan fingerprint density at radius 1 is 0.966 bits per heavy atom. The first-order valence-corrected chi connectivity index (χ1v) is 9.72. The number of carbonyl (C=O) groups is 1. The van der Waals surface area contributed by atoms with Crippen molar-refractivity contribution in [1.82, 2.24) is 25.0 Å². The molecular weight excluding hydrogens is 364 g/mol. The van der Waals surface area contributed by atoms with E-state index in [9.17, 15) is 4.79 Å². The highest BCUT2D eigenvalue weighted by Gasteiger charge is 2.17. The Morgan fingerprint density at radius 2 is 1.79 bits per heavy atom. The van der Waals surface area contributed by atoms with Crippen LogP contribution in [0.5, 0.6) is 0 Å². The molecule has 3 heterocycles. The van der Waals surface area contributed by atoms with Gasteiger partial charge in [0.05, 0.1) is 5.69 Å². The van der Waals surface area contributed by atoms with E-state index in [-0.39, 0.29) is 5.91 Å². The SMILES string of the molecule is O=C(Nc1ccc(-c2nnc3n2CCCC3)cc1)c1cc(-c2ccccc2)n[nH]1. The number of nitrogens with one attached hydrogen (secondary N) is 2. The van der Waals surface area contributed by atoms with E-state index in [0.29, 0.717) is 11.4 Å². The van der Waals surface area contributed by atoms with E-state index in [0.717, 1.165) is 47.9 Å². The molecule has 0 fully saturated rings. The molecule has 2 aromatic carbocycles. The molecule has 0 bridgehead atoms. The fraction of sp³-hybridized carbons (Fsp3) is 0.182. The van der Waals surface area contributed by atoms with E-state index in [4.69, 9.17) is 0 Å². The highest BCUT2D eigenvalue weighted by molar-refractivity contribution is 6.03. The Bertz CT molecular complexity index is 1140. The molecule has 1 aliphatic rings. The molecule has 0 aliphatic carbocycles. The molecule has 1 aliphatic heterocycles. The fourth-order valence-electron chi connectivity index (χ4n) is 3.62. The lowest BCUT2D eigenvalue weighted by Crippen LogP contribution is -2.12. The highest BCUT2D eigenvalue weighted by Crippen LogP contribution is 2.24. The number of rotatable bonds is 4. The van der Waals surface area contributed by atoms with Crippen LogP contribution in [0.2, 0.25) is 0 Å². The number of hydrogen-bond donors (Lipinski definition) is 2. The average Bonchev–Trinajstić information content (AvgIpc) is 3.43. The van der Waals surface area contributed by atoms with Gasteiger partial charge in [0.25, 0.3) is 5.91 Å². The number of nitrogens with zero attached hydrogens (tertiary/aromatic N) is 4. The third-order valence-electron chi connectivity index (χ3n) is 5.15. The average molecular weight is 384 g/mol. The molecule has 0 atom stereocenters. The summed E-state index contributed by atoms with van der Waals surface area (Å²) in [5.41, 5.74) is 3.83. The van der Waals surface area contributed by atoms with Crippen molar-refractivity contribution in [3.05, 3.63) is 72.2 Å². The Hall–Kier alpha value is -3.74. The van der Waals surface area contributed by atoms with E-state index in [1.165, 1.54) is 6.42 Å². The molecule has 0 spiro atoms. The summed E-state index contributed by atoms with van der Waals surface area (Å²) >= 11 is 0. The number of aromatic nitrogens is 5. The molecule has 144 valence electrons. The van der Waals surface area contributed by atoms with Crippen molar-refractivity contribution in [2.45, 2.75) is 25.8 Å². The molecule has 2 N–H and O–H groups in total. The van der Waals surface area contributed by atoms with Crippen LogP contribution in [-0.4, -0.2) is 30.9 Å². The lowest BCUT2D eigenvalue weighted by Gasteiger charge is -2.14. The van der Waals surface area contributed by atoms with Crippen LogP contribution in [0.25, 0.3) is 22.6 Å². The van der Waals surface area contributed by atoms with Gasteiger partial charge in [0.2, 0.25) is 0 Å². The number of anilines is 1. The van der Waals surface area contributed by atoms with Crippen LogP contribution in [0.15, 0.2) is 60.7 Å². The summed E-state index contributed by atoms with van der Waals surface area (Å²) in [6.45, 7) is 0.958. The minimum Gasteiger partial charge on any atom is -0.321 e. The van der Waals surface area contributed by atoms with Crippen LogP contribution in [-0.2, 0) is 13.0 Å². The second-order valence-electron chi connectivity index (χ2n) is 7.11. The van der Waals surface area contributed by atoms with Crippen LogP contribution >= 0.6 is 0 Å². The van der Waals surface area contributed by atoms with Gasteiger partial charge in [0.1, 0.15) is 11.5 Å². The number of hydrogen-bond acceptors (Lipinski definition) is 4. The van der Waals surface area contributed by atoms with Gasteiger partial charge in [0, 0.05) is 29.8 Å². The maximum absolute atomic E-state index is 12.6. The Morgan fingerprint density at radius 3 is 2.62 bits per heavy atom. The monoisotopic (exact) mass is 384 g/mol. The predicted octanol–water partition coefficient (Wildman–Crippen LogP) is 3.92. The van der Waals surface area contributed by atoms with Gasteiger partial charge in [-0.05, 0) is 43.2 Å². The minimum absolute atomic E-state index is 0.229. The lowest BCUT2D eigenvalue weighted by atomic mass is 10.1. The summed E-state index contributed by atoms with van der Waals surface area (Å²) in [6, 6.07) is 19.2. The van der Waals surface area contributed by atoms with Crippen molar-refractivity contribution in [3.63, 3.8) is 0 Å². The molecule has 29 heavy (non-hydrogen) atoms. The minimum atomic E-state index is -0.229. The summed E-state index contributed by atoms with van der Waals surface area (Å²) in [5, 5.41) is 18.6. The quantitative estimate of drug-likeness (QED) is 0.558. The third-order valence-corrected chi connectivity index (χ3v) is 5.15. The van der Waals surface area contributed by atoms with Crippen molar-refractivity contribution >= 4 is 11.6 Å². The number of carbonyl (C=O) groups excluding carboxylic acids is 1. The Kier molecular flexibility index (Phi) is 4.40. The van der Waals surface area contributed by atoms with Crippen molar-refractivity contribution in [2.24, 2.45) is 0 Å². The molecule has 0 radical (unpaired) electrons. The number of fused-ring (bicyclic) bond motifs is 1. The van der Waals surface area contributed by atoms with Crippen molar-refractivity contribution < 1.29 is 4.79 Å².